The van der Waals surface area contributed by atoms with Crippen LogP contribution in [-0.2, 0) is 4.79 Å². The van der Waals surface area contributed by atoms with Gasteiger partial charge in [-0.15, -0.1) is 0 Å². The number of aryl methyl sites for hydroxylation is 1. The molecule has 2 saturated heterocycles. The number of amides is 2. The van der Waals surface area contributed by atoms with Crippen molar-refractivity contribution < 1.29 is 9.59 Å². The molecule has 0 bridgehead atoms. The van der Waals surface area contributed by atoms with Crippen LogP contribution < -0.4 is 4.90 Å². The first-order chi connectivity index (χ1) is 12.6. The number of nitrogens with zero attached hydrogens (tertiary/aromatic N) is 3. The molecule has 1 aromatic heterocycles. The summed E-state index contributed by atoms with van der Waals surface area (Å²) < 4.78 is 0. The number of rotatable bonds is 3. The third kappa shape index (κ3) is 3.11. The van der Waals surface area contributed by atoms with E-state index in [1.807, 2.05) is 36.1 Å². The quantitative estimate of drug-likeness (QED) is 0.923. The van der Waals surface area contributed by atoms with Crippen LogP contribution in [0.5, 0.6) is 0 Å². The molecule has 1 aromatic carbocycles. The highest BCUT2D eigenvalue weighted by Gasteiger charge is 2.30. The molecule has 1 N–H and O–H groups in total. The number of aromatic nitrogens is 2. The first-order valence-corrected chi connectivity index (χ1v) is 9.33. The van der Waals surface area contributed by atoms with Gasteiger partial charge in [-0.25, -0.2) is 0 Å². The lowest BCUT2D eigenvalue weighted by molar-refractivity contribution is -0.117. The van der Waals surface area contributed by atoms with E-state index in [0.717, 1.165) is 42.8 Å². The second-order valence-corrected chi connectivity index (χ2v) is 7.27. The van der Waals surface area contributed by atoms with Gasteiger partial charge in [-0.3, -0.25) is 14.7 Å². The van der Waals surface area contributed by atoms with E-state index in [1.54, 1.807) is 11.1 Å². The first kappa shape index (κ1) is 16.8. The van der Waals surface area contributed by atoms with E-state index in [4.69, 9.17) is 0 Å². The lowest BCUT2D eigenvalue weighted by Gasteiger charge is -2.33. The highest BCUT2D eigenvalue weighted by Crippen LogP contribution is 2.31. The van der Waals surface area contributed by atoms with Gasteiger partial charge in [0.05, 0.1) is 11.3 Å². The molecule has 1 unspecified atom stereocenters. The standard InChI is InChI=1S/C20H24N4O2/c1-14-6-7-18(24-11-3-5-19(24)25)16(12-14)20(26)23-10-2-4-15(13-23)17-8-9-21-22-17/h6-9,12,15H,2-5,10-11,13H2,1H3,(H,21,22). The fraction of sp³-hybridized carbons (Fsp3) is 0.450. The molecule has 6 heteroatoms. The highest BCUT2D eigenvalue weighted by molar-refractivity contribution is 6.05. The maximum atomic E-state index is 13.3. The number of hydrogen-bond donors (Lipinski definition) is 1. The molecule has 1 atom stereocenters. The minimum Gasteiger partial charge on any atom is -0.338 e. The van der Waals surface area contributed by atoms with Crippen molar-refractivity contribution in [3.8, 4) is 0 Å². The Hall–Kier alpha value is -2.63. The van der Waals surface area contributed by atoms with Crippen molar-refractivity contribution in [2.24, 2.45) is 0 Å². The Labute approximate surface area is 153 Å². The van der Waals surface area contributed by atoms with E-state index >= 15 is 0 Å². The SMILES string of the molecule is Cc1ccc(N2CCCC2=O)c(C(=O)N2CCCC(c3ccn[nH]3)C2)c1. The zero-order valence-electron chi connectivity index (χ0n) is 15.1. The van der Waals surface area contributed by atoms with Gasteiger partial charge in [-0.05, 0) is 44.4 Å². The van der Waals surface area contributed by atoms with E-state index in [1.165, 1.54) is 0 Å². The second-order valence-electron chi connectivity index (χ2n) is 7.27. The molecule has 0 saturated carbocycles. The minimum absolute atomic E-state index is 0.0209. The number of carbonyl (C=O) groups excluding carboxylic acids is 2. The van der Waals surface area contributed by atoms with Crippen molar-refractivity contribution in [3.05, 3.63) is 47.3 Å². The Bertz CT molecular complexity index is 815. The summed E-state index contributed by atoms with van der Waals surface area (Å²) in [4.78, 5) is 29.2. The van der Waals surface area contributed by atoms with Crippen molar-refractivity contribution >= 4 is 17.5 Å². The average molecular weight is 352 g/mol. The molecule has 4 rings (SSSR count). The second kappa shape index (κ2) is 6.94. The minimum atomic E-state index is 0.0209. The fourth-order valence-electron chi connectivity index (χ4n) is 4.04. The molecule has 2 aliphatic rings. The number of anilines is 1. The molecule has 6 nitrogen and oxygen atoms in total. The van der Waals surface area contributed by atoms with Crippen LogP contribution in [0.3, 0.4) is 0 Å². The third-order valence-corrected chi connectivity index (χ3v) is 5.42. The van der Waals surface area contributed by atoms with Crippen molar-refractivity contribution in [3.63, 3.8) is 0 Å². The van der Waals surface area contributed by atoms with Crippen LogP contribution in [0.1, 0.15) is 53.2 Å². The van der Waals surface area contributed by atoms with Crippen LogP contribution in [0.2, 0.25) is 0 Å². The van der Waals surface area contributed by atoms with E-state index in [9.17, 15) is 9.59 Å². The third-order valence-electron chi connectivity index (χ3n) is 5.42. The highest BCUT2D eigenvalue weighted by atomic mass is 16.2. The van der Waals surface area contributed by atoms with Gasteiger partial charge in [0, 0.05) is 43.9 Å². The van der Waals surface area contributed by atoms with Gasteiger partial charge in [0.2, 0.25) is 5.91 Å². The molecule has 26 heavy (non-hydrogen) atoms. The Morgan fingerprint density at radius 2 is 2.12 bits per heavy atom. The Morgan fingerprint density at radius 1 is 1.23 bits per heavy atom. The van der Waals surface area contributed by atoms with Gasteiger partial charge < -0.3 is 9.80 Å². The molecular weight excluding hydrogens is 328 g/mol. The molecule has 2 fully saturated rings. The largest absolute Gasteiger partial charge is 0.338 e. The number of piperidine rings is 1. The summed E-state index contributed by atoms with van der Waals surface area (Å²) >= 11 is 0. The van der Waals surface area contributed by atoms with Crippen LogP contribution >= 0.6 is 0 Å². The van der Waals surface area contributed by atoms with Gasteiger partial charge in [0.1, 0.15) is 0 Å². The Morgan fingerprint density at radius 3 is 2.85 bits per heavy atom. The summed E-state index contributed by atoms with van der Waals surface area (Å²) in [5.74, 6) is 0.418. The zero-order chi connectivity index (χ0) is 18.1. The summed E-state index contributed by atoms with van der Waals surface area (Å²) in [6.45, 7) is 4.11. The summed E-state index contributed by atoms with van der Waals surface area (Å²) in [6.07, 6.45) is 5.20. The van der Waals surface area contributed by atoms with E-state index in [-0.39, 0.29) is 17.7 Å². The van der Waals surface area contributed by atoms with E-state index < -0.39 is 0 Å². The van der Waals surface area contributed by atoms with Crippen molar-refractivity contribution in [1.82, 2.24) is 15.1 Å². The fourth-order valence-corrected chi connectivity index (χ4v) is 4.04. The predicted molar refractivity (Wildman–Crippen MR) is 99.2 cm³/mol. The summed E-state index contributed by atoms with van der Waals surface area (Å²) in [5.41, 5.74) is 3.52. The van der Waals surface area contributed by atoms with Crippen LogP contribution in [0, 0.1) is 6.92 Å². The maximum absolute atomic E-state index is 13.3. The van der Waals surface area contributed by atoms with Crippen molar-refractivity contribution in [1.29, 1.82) is 0 Å². The molecule has 2 aromatic rings. The number of benzene rings is 1. The summed E-state index contributed by atoms with van der Waals surface area (Å²) in [5, 5.41) is 7.08. The molecule has 0 radical (unpaired) electrons. The van der Waals surface area contributed by atoms with Gasteiger partial charge in [0.15, 0.2) is 0 Å². The average Bonchev–Trinajstić information content (AvgIpc) is 3.33. The van der Waals surface area contributed by atoms with Gasteiger partial charge in [-0.2, -0.15) is 5.10 Å². The number of carbonyl (C=O) groups is 2. The molecule has 136 valence electrons. The van der Waals surface area contributed by atoms with Crippen molar-refractivity contribution in [2.45, 2.75) is 38.5 Å². The summed E-state index contributed by atoms with van der Waals surface area (Å²) in [6, 6.07) is 7.80. The number of likely N-dealkylation sites (tertiary alicyclic amines) is 1. The van der Waals surface area contributed by atoms with Crippen LogP contribution in [0.25, 0.3) is 0 Å². The monoisotopic (exact) mass is 352 g/mol. The molecule has 0 spiro atoms. The normalized spacial score (nSPS) is 20.7. The Kier molecular flexibility index (Phi) is 4.49. The lowest BCUT2D eigenvalue weighted by atomic mass is 9.94. The predicted octanol–water partition coefficient (Wildman–Crippen LogP) is 2.86. The smallest absolute Gasteiger partial charge is 0.256 e. The maximum Gasteiger partial charge on any atom is 0.256 e. The molecule has 2 amide bonds. The number of H-pyrrole nitrogens is 1. The topological polar surface area (TPSA) is 69.3 Å². The zero-order valence-corrected chi connectivity index (χ0v) is 15.1. The van der Waals surface area contributed by atoms with Gasteiger partial charge in [0.25, 0.3) is 5.91 Å². The number of nitrogens with one attached hydrogen (secondary N) is 1. The molecule has 3 heterocycles. The van der Waals surface area contributed by atoms with Crippen LogP contribution in [0.15, 0.2) is 30.5 Å². The van der Waals surface area contributed by atoms with Gasteiger partial charge >= 0.3 is 0 Å². The molecular formula is C20H24N4O2. The molecule has 2 aliphatic heterocycles. The van der Waals surface area contributed by atoms with Crippen LogP contribution in [0.4, 0.5) is 5.69 Å². The molecule has 0 aliphatic carbocycles. The summed E-state index contributed by atoms with van der Waals surface area (Å²) in [7, 11) is 0. The van der Waals surface area contributed by atoms with E-state index in [0.29, 0.717) is 25.1 Å². The van der Waals surface area contributed by atoms with Crippen LogP contribution in [-0.4, -0.2) is 46.5 Å². The lowest BCUT2D eigenvalue weighted by Crippen LogP contribution is -2.40. The van der Waals surface area contributed by atoms with Crippen molar-refractivity contribution in [2.75, 3.05) is 24.5 Å². The number of hydrogen-bond acceptors (Lipinski definition) is 3. The first-order valence-electron chi connectivity index (χ1n) is 9.33. The van der Waals surface area contributed by atoms with E-state index in [2.05, 4.69) is 10.2 Å². The van der Waals surface area contributed by atoms with Gasteiger partial charge in [-0.1, -0.05) is 11.6 Å². The Balaban J connectivity index is 1.61. The number of aromatic amines is 1.